The zero-order chi connectivity index (χ0) is 14.3. The molecule has 2 rings (SSSR count). The third-order valence-electron chi connectivity index (χ3n) is 3.35. The second kappa shape index (κ2) is 7.81. The van der Waals surface area contributed by atoms with Gasteiger partial charge < -0.3 is 9.47 Å². The second-order valence-electron chi connectivity index (χ2n) is 5.09. The molecule has 1 saturated heterocycles. The first-order chi connectivity index (χ1) is 9.74. The highest BCUT2D eigenvalue weighted by atomic mass is 32.2. The summed E-state index contributed by atoms with van der Waals surface area (Å²) >= 11 is 1.51. The SMILES string of the molecule is CCCC1(CCC=NSc2ccc(C)cc2)OCCO1. The minimum Gasteiger partial charge on any atom is -0.348 e. The lowest BCUT2D eigenvalue weighted by atomic mass is 10.1. The molecule has 1 heterocycles. The van der Waals surface area contributed by atoms with Crippen LogP contribution in [0.4, 0.5) is 0 Å². The Kier molecular flexibility index (Phi) is 6.07. The van der Waals surface area contributed by atoms with Crippen LogP contribution in [0.1, 0.15) is 38.2 Å². The monoisotopic (exact) mass is 293 g/mol. The summed E-state index contributed by atoms with van der Waals surface area (Å²) in [7, 11) is 0. The molecular weight excluding hydrogens is 270 g/mol. The molecule has 0 radical (unpaired) electrons. The van der Waals surface area contributed by atoms with Crippen molar-refractivity contribution in [2.45, 2.75) is 50.2 Å². The molecule has 4 heteroatoms. The van der Waals surface area contributed by atoms with Crippen molar-refractivity contribution in [2.24, 2.45) is 4.40 Å². The third kappa shape index (κ3) is 4.62. The average Bonchev–Trinajstić information content (AvgIpc) is 2.90. The van der Waals surface area contributed by atoms with Gasteiger partial charge in [-0.05, 0) is 25.5 Å². The van der Waals surface area contributed by atoms with Crippen LogP contribution >= 0.6 is 11.9 Å². The maximum absolute atomic E-state index is 5.77. The molecular formula is C16H23NO2S. The lowest BCUT2D eigenvalue weighted by Gasteiger charge is -2.26. The van der Waals surface area contributed by atoms with Gasteiger partial charge in [0.1, 0.15) is 0 Å². The van der Waals surface area contributed by atoms with E-state index < -0.39 is 0 Å². The van der Waals surface area contributed by atoms with Gasteiger partial charge in [-0.25, -0.2) is 4.40 Å². The average molecular weight is 293 g/mol. The summed E-state index contributed by atoms with van der Waals surface area (Å²) in [5, 5.41) is 0. The first kappa shape index (κ1) is 15.5. The van der Waals surface area contributed by atoms with Crippen molar-refractivity contribution in [2.75, 3.05) is 13.2 Å². The van der Waals surface area contributed by atoms with Crippen molar-refractivity contribution in [3.05, 3.63) is 29.8 Å². The van der Waals surface area contributed by atoms with Crippen molar-refractivity contribution in [3.8, 4) is 0 Å². The molecule has 0 saturated carbocycles. The van der Waals surface area contributed by atoms with E-state index in [9.17, 15) is 0 Å². The number of aryl methyl sites for hydroxylation is 1. The maximum Gasteiger partial charge on any atom is 0.168 e. The molecule has 0 atom stereocenters. The van der Waals surface area contributed by atoms with Crippen molar-refractivity contribution < 1.29 is 9.47 Å². The van der Waals surface area contributed by atoms with Crippen LogP contribution in [-0.4, -0.2) is 25.2 Å². The summed E-state index contributed by atoms with van der Waals surface area (Å²) < 4.78 is 15.9. The lowest BCUT2D eigenvalue weighted by Crippen LogP contribution is -2.29. The fourth-order valence-electron chi connectivity index (χ4n) is 2.33. The molecule has 110 valence electrons. The Morgan fingerprint density at radius 1 is 1.20 bits per heavy atom. The van der Waals surface area contributed by atoms with Gasteiger partial charge in [0, 0.05) is 35.9 Å². The highest BCUT2D eigenvalue weighted by molar-refractivity contribution is 7.98. The van der Waals surface area contributed by atoms with Crippen molar-refractivity contribution in [1.82, 2.24) is 0 Å². The van der Waals surface area contributed by atoms with Gasteiger partial charge in [0.15, 0.2) is 5.79 Å². The van der Waals surface area contributed by atoms with Gasteiger partial charge in [-0.1, -0.05) is 31.0 Å². The van der Waals surface area contributed by atoms with Crippen molar-refractivity contribution >= 4 is 18.2 Å². The van der Waals surface area contributed by atoms with E-state index in [0.717, 1.165) is 38.9 Å². The topological polar surface area (TPSA) is 30.8 Å². The van der Waals surface area contributed by atoms with Crippen LogP contribution in [-0.2, 0) is 9.47 Å². The Hall–Kier alpha value is -0.840. The van der Waals surface area contributed by atoms with Gasteiger partial charge in [-0.15, -0.1) is 0 Å². The molecule has 0 unspecified atom stereocenters. The predicted octanol–water partition coefficient (Wildman–Crippen LogP) is 4.40. The van der Waals surface area contributed by atoms with Crippen LogP contribution in [0.15, 0.2) is 33.6 Å². The molecule has 0 amide bonds. The summed E-state index contributed by atoms with van der Waals surface area (Å²) in [4.78, 5) is 1.17. The van der Waals surface area contributed by atoms with E-state index in [-0.39, 0.29) is 5.79 Å². The number of nitrogens with zero attached hydrogens (tertiary/aromatic N) is 1. The van der Waals surface area contributed by atoms with Crippen LogP contribution in [0.25, 0.3) is 0 Å². The van der Waals surface area contributed by atoms with Crippen LogP contribution in [0.2, 0.25) is 0 Å². The Bertz CT molecular complexity index is 425. The molecule has 0 aromatic heterocycles. The van der Waals surface area contributed by atoms with E-state index in [1.54, 1.807) is 0 Å². The van der Waals surface area contributed by atoms with Crippen molar-refractivity contribution in [1.29, 1.82) is 0 Å². The molecule has 1 aliphatic rings. The first-order valence-corrected chi connectivity index (χ1v) is 8.05. The predicted molar refractivity (Wildman–Crippen MR) is 84.3 cm³/mol. The number of ether oxygens (including phenoxy) is 2. The number of hydrogen-bond donors (Lipinski definition) is 0. The van der Waals surface area contributed by atoms with Crippen LogP contribution in [0.3, 0.4) is 0 Å². The lowest BCUT2D eigenvalue weighted by molar-refractivity contribution is -0.165. The summed E-state index contributed by atoms with van der Waals surface area (Å²) in [6, 6.07) is 8.40. The van der Waals surface area contributed by atoms with E-state index in [1.165, 1.54) is 22.4 Å². The van der Waals surface area contributed by atoms with Crippen LogP contribution < -0.4 is 0 Å². The van der Waals surface area contributed by atoms with E-state index in [0.29, 0.717) is 0 Å². The quantitative estimate of drug-likeness (QED) is 0.551. The molecule has 1 fully saturated rings. The molecule has 20 heavy (non-hydrogen) atoms. The molecule has 3 nitrogen and oxygen atoms in total. The van der Waals surface area contributed by atoms with Gasteiger partial charge in [-0.2, -0.15) is 0 Å². The number of rotatable bonds is 7. The number of hydrogen-bond acceptors (Lipinski definition) is 4. The summed E-state index contributed by atoms with van der Waals surface area (Å²) in [5.41, 5.74) is 1.27. The second-order valence-corrected chi connectivity index (χ2v) is 5.95. The fourth-order valence-corrected chi connectivity index (χ4v) is 2.89. The Labute approximate surface area is 125 Å². The molecule has 1 aliphatic heterocycles. The maximum atomic E-state index is 5.77. The Balaban J connectivity index is 1.74. The molecule has 0 aliphatic carbocycles. The zero-order valence-electron chi connectivity index (χ0n) is 12.3. The molecule has 0 spiro atoms. The van der Waals surface area contributed by atoms with Gasteiger partial charge in [0.25, 0.3) is 0 Å². The zero-order valence-corrected chi connectivity index (χ0v) is 13.1. The summed E-state index contributed by atoms with van der Waals surface area (Å²) in [6.45, 7) is 5.69. The third-order valence-corrected chi connectivity index (χ3v) is 4.09. The van der Waals surface area contributed by atoms with E-state index in [4.69, 9.17) is 9.47 Å². The molecule has 1 aromatic rings. The van der Waals surface area contributed by atoms with Gasteiger partial charge in [0.05, 0.1) is 13.2 Å². The van der Waals surface area contributed by atoms with Gasteiger partial charge in [-0.3, -0.25) is 0 Å². The van der Waals surface area contributed by atoms with Gasteiger partial charge >= 0.3 is 0 Å². The van der Waals surface area contributed by atoms with E-state index >= 15 is 0 Å². The highest BCUT2D eigenvalue weighted by Crippen LogP contribution is 2.29. The molecule has 1 aromatic carbocycles. The molecule has 0 N–H and O–H groups in total. The first-order valence-electron chi connectivity index (χ1n) is 7.27. The smallest absolute Gasteiger partial charge is 0.168 e. The highest BCUT2D eigenvalue weighted by Gasteiger charge is 2.34. The Morgan fingerprint density at radius 2 is 1.90 bits per heavy atom. The standard InChI is InChI=1S/C16H23NO2S/c1-3-9-16(18-12-13-19-16)10-4-11-17-20-15-7-5-14(2)6-8-15/h5-8,11H,3-4,9-10,12-13H2,1-2H3. The summed E-state index contributed by atoms with van der Waals surface area (Å²) in [5.74, 6) is -0.352. The van der Waals surface area contributed by atoms with E-state index in [2.05, 4.69) is 42.5 Å². The minimum atomic E-state index is -0.352. The number of benzene rings is 1. The normalized spacial score (nSPS) is 17.9. The fraction of sp³-hybridized carbons (Fsp3) is 0.562. The van der Waals surface area contributed by atoms with E-state index in [1.807, 2.05) is 6.21 Å². The van der Waals surface area contributed by atoms with Crippen LogP contribution in [0, 0.1) is 6.92 Å². The molecule has 0 bridgehead atoms. The summed E-state index contributed by atoms with van der Waals surface area (Å²) in [6.07, 6.45) is 5.78. The minimum absolute atomic E-state index is 0.352. The van der Waals surface area contributed by atoms with Crippen LogP contribution in [0.5, 0.6) is 0 Å². The Morgan fingerprint density at radius 3 is 2.55 bits per heavy atom. The largest absolute Gasteiger partial charge is 0.348 e. The van der Waals surface area contributed by atoms with Crippen molar-refractivity contribution in [3.63, 3.8) is 0 Å². The van der Waals surface area contributed by atoms with Gasteiger partial charge in [0.2, 0.25) is 0 Å².